The van der Waals surface area contributed by atoms with E-state index in [-0.39, 0.29) is 0 Å². The summed E-state index contributed by atoms with van der Waals surface area (Å²) in [5, 5.41) is 15.1. The second kappa shape index (κ2) is 4.08. The van der Waals surface area contributed by atoms with Gasteiger partial charge in [0.25, 0.3) is 6.43 Å². The highest BCUT2D eigenvalue weighted by molar-refractivity contribution is 7.20. The standard InChI is InChI=1S/C7H8F2N6S/c1-3(2)10-12-6-14-15-5(4(8)9)11-13-7(15)16-6/h4H,1-2H3,(H,12,14). The van der Waals surface area contributed by atoms with Crippen molar-refractivity contribution in [3.05, 3.63) is 5.82 Å². The summed E-state index contributed by atoms with van der Waals surface area (Å²) in [6, 6.07) is 0. The summed E-state index contributed by atoms with van der Waals surface area (Å²) in [5.74, 6) is -0.462. The summed E-state index contributed by atoms with van der Waals surface area (Å²) in [5.41, 5.74) is 3.45. The van der Waals surface area contributed by atoms with Gasteiger partial charge in [0.2, 0.25) is 15.9 Å². The summed E-state index contributed by atoms with van der Waals surface area (Å²) < 4.78 is 25.9. The number of nitrogens with one attached hydrogen (secondary N) is 1. The van der Waals surface area contributed by atoms with Crippen molar-refractivity contribution in [1.82, 2.24) is 19.8 Å². The van der Waals surface area contributed by atoms with Gasteiger partial charge in [-0.2, -0.15) is 9.62 Å². The fourth-order valence-corrected chi connectivity index (χ4v) is 1.66. The molecule has 2 aromatic heterocycles. The molecule has 0 atom stereocenters. The molecule has 0 bridgehead atoms. The summed E-state index contributed by atoms with van der Waals surface area (Å²) in [4.78, 5) is 0.307. The number of fused-ring (bicyclic) bond motifs is 1. The van der Waals surface area contributed by atoms with Crippen LogP contribution in [-0.4, -0.2) is 25.5 Å². The van der Waals surface area contributed by atoms with Crippen LogP contribution in [0.15, 0.2) is 5.10 Å². The van der Waals surface area contributed by atoms with Crippen molar-refractivity contribution in [1.29, 1.82) is 0 Å². The van der Waals surface area contributed by atoms with E-state index in [1.807, 2.05) is 0 Å². The van der Waals surface area contributed by atoms with Crippen LogP contribution < -0.4 is 5.43 Å². The minimum atomic E-state index is -2.69. The topological polar surface area (TPSA) is 67.5 Å². The van der Waals surface area contributed by atoms with Gasteiger partial charge in [0, 0.05) is 5.71 Å². The molecule has 16 heavy (non-hydrogen) atoms. The third kappa shape index (κ3) is 1.98. The van der Waals surface area contributed by atoms with Gasteiger partial charge in [-0.05, 0) is 13.8 Å². The van der Waals surface area contributed by atoms with E-state index in [1.165, 1.54) is 0 Å². The molecular weight excluding hydrogens is 238 g/mol. The number of halogens is 2. The van der Waals surface area contributed by atoms with Crippen LogP contribution in [-0.2, 0) is 0 Å². The van der Waals surface area contributed by atoms with E-state index in [9.17, 15) is 8.78 Å². The second-order valence-corrected chi connectivity index (χ2v) is 4.09. The van der Waals surface area contributed by atoms with Crippen molar-refractivity contribution in [3.63, 3.8) is 0 Å². The fraction of sp³-hybridized carbons (Fsp3) is 0.429. The van der Waals surface area contributed by atoms with E-state index in [0.717, 1.165) is 21.6 Å². The number of alkyl halides is 2. The zero-order valence-electron chi connectivity index (χ0n) is 8.48. The molecule has 0 aromatic carbocycles. The van der Waals surface area contributed by atoms with E-state index < -0.39 is 12.2 Å². The molecule has 0 aliphatic rings. The van der Waals surface area contributed by atoms with Crippen LogP contribution in [0.1, 0.15) is 26.1 Å². The molecule has 86 valence electrons. The molecule has 0 aliphatic heterocycles. The average molecular weight is 246 g/mol. The van der Waals surface area contributed by atoms with Crippen molar-refractivity contribution in [2.24, 2.45) is 5.10 Å². The minimum absolute atomic E-state index is 0.307. The Bertz CT molecular complexity index is 526. The molecular formula is C7H8F2N6S. The Labute approximate surface area is 93.0 Å². The van der Waals surface area contributed by atoms with Crippen molar-refractivity contribution >= 4 is 27.1 Å². The lowest BCUT2D eigenvalue weighted by Crippen LogP contribution is -1.98. The molecule has 0 radical (unpaired) electrons. The molecule has 2 rings (SSSR count). The molecule has 0 aliphatic carbocycles. The van der Waals surface area contributed by atoms with Crippen molar-refractivity contribution < 1.29 is 8.78 Å². The Hall–Kier alpha value is -1.64. The first-order chi connectivity index (χ1) is 7.58. The lowest BCUT2D eigenvalue weighted by atomic mass is 10.5. The lowest BCUT2D eigenvalue weighted by Gasteiger charge is -1.93. The molecule has 0 spiro atoms. The molecule has 0 unspecified atom stereocenters. The van der Waals surface area contributed by atoms with Crippen molar-refractivity contribution in [3.8, 4) is 0 Å². The van der Waals surface area contributed by atoms with Crippen LogP contribution in [0.4, 0.5) is 13.9 Å². The van der Waals surface area contributed by atoms with Gasteiger partial charge in [-0.3, -0.25) is 5.43 Å². The zero-order chi connectivity index (χ0) is 11.7. The molecule has 2 aromatic rings. The number of anilines is 1. The number of hydrogen-bond acceptors (Lipinski definition) is 6. The van der Waals surface area contributed by atoms with Crippen LogP contribution in [0, 0.1) is 0 Å². The Morgan fingerprint density at radius 3 is 2.81 bits per heavy atom. The molecule has 2 heterocycles. The minimum Gasteiger partial charge on any atom is -0.251 e. The highest BCUT2D eigenvalue weighted by Gasteiger charge is 2.18. The fourth-order valence-electron chi connectivity index (χ4n) is 0.973. The molecule has 9 heteroatoms. The van der Waals surface area contributed by atoms with Crippen LogP contribution in [0.3, 0.4) is 0 Å². The summed E-state index contributed by atoms with van der Waals surface area (Å²) >= 11 is 1.10. The third-order valence-corrected chi connectivity index (χ3v) is 2.39. The van der Waals surface area contributed by atoms with Crippen molar-refractivity contribution in [2.45, 2.75) is 20.3 Å². The first kappa shape index (κ1) is 10.9. The predicted molar refractivity (Wildman–Crippen MR) is 56.0 cm³/mol. The van der Waals surface area contributed by atoms with Crippen LogP contribution in [0.25, 0.3) is 4.96 Å². The van der Waals surface area contributed by atoms with Gasteiger partial charge in [0.1, 0.15) is 0 Å². The molecule has 0 saturated heterocycles. The largest absolute Gasteiger partial charge is 0.299 e. The van der Waals surface area contributed by atoms with Crippen LogP contribution in [0.2, 0.25) is 0 Å². The van der Waals surface area contributed by atoms with Gasteiger partial charge in [-0.15, -0.1) is 15.3 Å². The smallest absolute Gasteiger partial charge is 0.251 e. The Balaban J connectivity index is 2.34. The lowest BCUT2D eigenvalue weighted by molar-refractivity contribution is 0.137. The number of nitrogens with zero attached hydrogens (tertiary/aromatic N) is 5. The zero-order valence-corrected chi connectivity index (χ0v) is 9.29. The first-order valence-electron chi connectivity index (χ1n) is 4.35. The van der Waals surface area contributed by atoms with Crippen LogP contribution >= 0.6 is 11.3 Å². The maximum atomic E-state index is 12.4. The van der Waals surface area contributed by atoms with Gasteiger partial charge in [-0.1, -0.05) is 11.3 Å². The number of rotatable bonds is 3. The maximum absolute atomic E-state index is 12.4. The quantitative estimate of drug-likeness (QED) is 0.663. The Morgan fingerprint density at radius 1 is 1.44 bits per heavy atom. The normalized spacial score (nSPS) is 11.1. The van der Waals surface area contributed by atoms with Crippen molar-refractivity contribution in [2.75, 3.05) is 5.43 Å². The summed E-state index contributed by atoms with van der Waals surface area (Å²) in [6.07, 6.45) is -2.69. The number of hydrazone groups is 1. The highest BCUT2D eigenvalue weighted by atomic mass is 32.1. The predicted octanol–water partition coefficient (Wildman–Crippen LogP) is 1.93. The van der Waals surface area contributed by atoms with E-state index in [0.29, 0.717) is 10.1 Å². The summed E-state index contributed by atoms with van der Waals surface area (Å²) in [7, 11) is 0. The number of hydrogen-bond donors (Lipinski definition) is 1. The van der Waals surface area contributed by atoms with Gasteiger partial charge in [0.05, 0.1) is 0 Å². The van der Waals surface area contributed by atoms with Gasteiger partial charge in [0.15, 0.2) is 0 Å². The van der Waals surface area contributed by atoms with E-state index in [2.05, 4.69) is 25.8 Å². The van der Waals surface area contributed by atoms with Gasteiger partial charge >= 0.3 is 0 Å². The summed E-state index contributed by atoms with van der Waals surface area (Å²) in [6.45, 7) is 3.61. The molecule has 0 fully saturated rings. The van der Waals surface area contributed by atoms with E-state index in [1.54, 1.807) is 13.8 Å². The Morgan fingerprint density at radius 2 is 2.19 bits per heavy atom. The van der Waals surface area contributed by atoms with Gasteiger partial charge < -0.3 is 0 Å². The molecule has 0 saturated carbocycles. The first-order valence-corrected chi connectivity index (χ1v) is 5.17. The average Bonchev–Trinajstić information content (AvgIpc) is 2.71. The molecule has 0 amide bonds. The maximum Gasteiger partial charge on any atom is 0.299 e. The van der Waals surface area contributed by atoms with E-state index in [4.69, 9.17) is 0 Å². The van der Waals surface area contributed by atoms with E-state index >= 15 is 0 Å². The second-order valence-electron chi connectivity index (χ2n) is 3.13. The molecule has 6 nitrogen and oxygen atoms in total. The monoisotopic (exact) mass is 246 g/mol. The highest BCUT2D eigenvalue weighted by Crippen LogP contribution is 2.23. The van der Waals surface area contributed by atoms with Crippen LogP contribution in [0.5, 0.6) is 0 Å². The van der Waals surface area contributed by atoms with Gasteiger partial charge in [-0.25, -0.2) is 8.78 Å². The third-order valence-electron chi connectivity index (χ3n) is 1.59. The Kier molecular flexibility index (Phi) is 2.77. The molecule has 1 N–H and O–H groups in total. The number of aromatic nitrogens is 4. The SMILES string of the molecule is CC(C)=NNc1nn2c(C(F)F)nnc2s1.